The van der Waals surface area contributed by atoms with Crippen LogP contribution in [0, 0.1) is 6.92 Å². The fourth-order valence-electron chi connectivity index (χ4n) is 4.74. The molecule has 4 heteroatoms. The minimum absolute atomic E-state index is 0.000400. The third kappa shape index (κ3) is 3.36. The number of fused-ring (bicyclic) bond motifs is 3. The Bertz CT molecular complexity index is 1040. The lowest BCUT2D eigenvalue weighted by molar-refractivity contribution is 0.195. The van der Waals surface area contributed by atoms with Crippen LogP contribution in [-0.4, -0.2) is 17.5 Å². The molecular weight excluding hydrogens is 376 g/mol. The summed E-state index contributed by atoms with van der Waals surface area (Å²) in [4.78, 5) is 18.4. The Labute approximate surface area is 176 Å². The van der Waals surface area contributed by atoms with E-state index in [0.717, 1.165) is 24.2 Å². The Kier molecular flexibility index (Phi) is 4.88. The van der Waals surface area contributed by atoms with Crippen LogP contribution in [-0.2, 0) is 19.3 Å². The summed E-state index contributed by atoms with van der Waals surface area (Å²) in [6.07, 6.45) is 5.96. The topological polar surface area (TPSA) is 32.3 Å². The molecule has 29 heavy (non-hydrogen) atoms. The van der Waals surface area contributed by atoms with Gasteiger partial charge >= 0.3 is 6.03 Å². The Hall–Kier alpha value is -2.59. The maximum Gasteiger partial charge on any atom is 0.322 e. The summed E-state index contributed by atoms with van der Waals surface area (Å²) in [6.45, 7) is 2.79. The molecule has 3 nitrogen and oxygen atoms in total. The van der Waals surface area contributed by atoms with Gasteiger partial charge in [0.15, 0.2) is 0 Å². The molecule has 2 amide bonds. The fraction of sp³-hybridized carbons (Fsp3) is 0.320. The molecule has 148 valence electrons. The predicted molar refractivity (Wildman–Crippen MR) is 120 cm³/mol. The van der Waals surface area contributed by atoms with E-state index < -0.39 is 0 Å². The van der Waals surface area contributed by atoms with Crippen molar-refractivity contribution in [2.24, 2.45) is 0 Å². The van der Waals surface area contributed by atoms with Gasteiger partial charge in [-0.25, -0.2) is 4.79 Å². The number of thiophene rings is 1. The zero-order chi connectivity index (χ0) is 19.8. The van der Waals surface area contributed by atoms with Crippen molar-refractivity contribution in [1.82, 2.24) is 4.90 Å². The summed E-state index contributed by atoms with van der Waals surface area (Å²) < 4.78 is 0. The van der Waals surface area contributed by atoms with E-state index in [2.05, 4.69) is 29.6 Å². The van der Waals surface area contributed by atoms with Crippen molar-refractivity contribution >= 4 is 23.1 Å². The van der Waals surface area contributed by atoms with E-state index in [0.29, 0.717) is 0 Å². The van der Waals surface area contributed by atoms with Crippen LogP contribution < -0.4 is 5.32 Å². The molecule has 1 aromatic heterocycles. The van der Waals surface area contributed by atoms with Gasteiger partial charge < -0.3 is 10.2 Å². The van der Waals surface area contributed by atoms with Crippen LogP contribution in [0.1, 0.15) is 50.9 Å². The Balaban J connectivity index is 1.54. The van der Waals surface area contributed by atoms with E-state index in [4.69, 9.17) is 0 Å². The molecule has 1 atom stereocenters. The number of carbonyl (C=O) groups excluding carboxylic acids is 1. The molecule has 0 fully saturated rings. The number of hydrogen-bond acceptors (Lipinski definition) is 2. The molecule has 0 radical (unpaired) electrons. The van der Waals surface area contributed by atoms with Crippen molar-refractivity contribution in [3.05, 3.63) is 86.6 Å². The van der Waals surface area contributed by atoms with Gasteiger partial charge in [-0.05, 0) is 67.3 Å². The highest BCUT2D eigenvalue weighted by Crippen LogP contribution is 2.45. The first-order valence-electron chi connectivity index (χ1n) is 10.5. The van der Waals surface area contributed by atoms with Crippen LogP contribution in [0.15, 0.2) is 54.6 Å². The predicted octanol–water partition coefficient (Wildman–Crippen LogP) is 6.11. The highest BCUT2D eigenvalue weighted by Gasteiger charge is 2.36. The number of anilines is 1. The number of rotatable bonds is 2. The molecule has 0 spiro atoms. The molecule has 1 N–H and O–H groups in total. The molecule has 1 aliphatic heterocycles. The van der Waals surface area contributed by atoms with E-state index in [-0.39, 0.29) is 12.1 Å². The number of nitrogens with zero attached hydrogens (tertiary/aromatic N) is 1. The second-order valence-corrected chi connectivity index (χ2v) is 9.19. The van der Waals surface area contributed by atoms with Gasteiger partial charge in [-0.3, -0.25) is 0 Å². The quantitative estimate of drug-likeness (QED) is 0.551. The first kappa shape index (κ1) is 18.4. The number of nitrogens with one attached hydrogen (secondary N) is 1. The van der Waals surface area contributed by atoms with Crippen LogP contribution in [0.25, 0.3) is 0 Å². The summed E-state index contributed by atoms with van der Waals surface area (Å²) in [5, 5.41) is 3.16. The highest BCUT2D eigenvalue weighted by atomic mass is 32.1. The van der Waals surface area contributed by atoms with E-state index in [1.165, 1.54) is 41.7 Å². The van der Waals surface area contributed by atoms with Crippen molar-refractivity contribution in [1.29, 1.82) is 0 Å². The molecule has 0 unspecified atom stereocenters. The fourth-order valence-corrected chi connectivity index (χ4v) is 6.32. The maximum absolute atomic E-state index is 13.4. The standard InChI is InChI=1S/C25H26N2OS/c1-17-9-5-7-13-21(17)26-25(28)27-16-15-20-19-12-6-8-14-22(19)29-24(20)23(27)18-10-3-2-4-11-18/h2-5,7,9-11,13,23H,6,8,12,14-16H2,1H3,(H,26,28)/t23-/m0/s1. The molecule has 2 aliphatic rings. The lowest BCUT2D eigenvalue weighted by Gasteiger charge is -2.36. The summed E-state index contributed by atoms with van der Waals surface area (Å²) in [7, 11) is 0. The lowest BCUT2D eigenvalue weighted by atomic mass is 9.88. The molecule has 0 saturated heterocycles. The molecule has 5 rings (SSSR count). The van der Waals surface area contributed by atoms with Gasteiger partial charge in [-0.2, -0.15) is 0 Å². The smallest absolute Gasteiger partial charge is 0.312 e. The minimum atomic E-state index is -0.00910. The van der Waals surface area contributed by atoms with E-state index >= 15 is 0 Å². The number of para-hydroxylation sites is 1. The second kappa shape index (κ2) is 7.68. The monoisotopic (exact) mass is 402 g/mol. The van der Waals surface area contributed by atoms with Crippen LogP contribution in [0.5, 0.6) is 0 Å². The van der Waals surface area contributed by atoms with Gasteiger partial charge in [0.05, 0.1) is 6.04 Å². The number of amides is 2. The minimum Gasteiger partial charge on any atom is -0.312 e. The van der Waals surface area contributed by atoms with Gasteiger partial charge in [0, 0.05) is 22.0 Å². The Morgan fingerprint density at radius 1 is 0.966 bits per heavy atom. The molecule has 1 aliphatic carbocycles. The number of benzene rings is 2. The summed E-state index contributed by atoms with van der Waals surface area (Å²) in [6, 6.07) is 18.5. The Morgan fingerprint density at radius 3 is 2.55 bits per heavy atom. The van der Waals surface area contributed by atoms with Gasteiger partial charge in [-0.1, -0.05) is 48.5 Å². The van der Waals surface area contributed by atoms with Gasteiger partial charge in [0.1, 0.15) is 0 Å². The number of aryl methyl sites for hydroxylation is 2. The van der Waals surface area contributed by atoms with Crippen molar-refractivity contribution in [2.45, 2.75) is 45.1 Å². The van der Waals surface area contributed by atoms with Crippen LogP contribution in [0.2, 0.25) is 0 Å². The largest absolute Gasteiger partial charge is 0.322 e. The zero-order valence-corrected chi connectivity index (χ0v) is 17.6. The van der Waals surface area contributed by atoms with Crippen LogP contribution in [0.4, 0.5) is 10.5 Å². The highest BCUT2D eigenvalue weighted by molar-refractivity contribution is 7.12. The number of hydrogen-bond donors (Lipinski definition) is 1. The summed E-state index contributed by atoms with van der Waals surface area (Å²) >= 11 is 1.95. The van der Waals surface area contributed by atoms with Crippen molar-refractivity contribution in [2.75, 3.05) is 11.9 Å². The average Bonchev–Trinajstić information content (AvgIpc) is 3.14. The van der Waals surface area contributed by atoms with Crippen molar-refractivity contribution < 1.29 is 4.79 Å². The molecular formula is C25H26N2OS. The lowest BCUT2D eigenvalue weighted by Crippen LogP contribution is -2.42. The second-order valence-electron chi connectivity index (χ2n) is 8.06. The normalized spacial score (nSPS) is 18.1. The third-order valence-electron chi connectivity index (χ3n) is 6.24. The van der Waals surface area contributed by atoms with Gasteiger partial charge in [0.2, 0.25) is 0 Å². The van der Waals surface area contributed by atoms with Crippen molar-refractivity contribution in [3.8, 4) is 0 Å². The van der Waals surface area contributed by atoms with Gasteiger partial charge in [-0.15, -0.1) is 11.3 Å². The Morgan fingerprint density at radius 2 is 1.72 bits per heavy atom. The van der Waals surface area contributed by atoms with Crippen LogP contribution >= 0.6 is 11.3 Å². The van der Waals surface area contributed by atoms with E-state index in [1.54, 1.807) is 10.4 Å². The van der Waals surface area contributed by atoms with Crippen molar-refractivity contribution in [3.63, 3.8) is 0 Å². The first-order chi connectivity index (χ1) is 14.2. The van der Waals surface area contributed by atoms with E-state index in [1.807, 2.05) is 53.5 Å². The molecule has 3 aromatic rings. The number of carbonyl (C=O) groups is 1. The first-order valence-corrected chi connectivity index (χ1v) is 11.4. The van der Waals surface area contributed by atoms with E-state index in [9.17, 15) is 4.79 Å². The van der Waals surface area contributed by atoms with Gasteiger partial charge in [0.25, 0.3) is 0 Å². The zero-order valence-electron chi connectivity index (χ0n) is 16.8. The molecule has 2 heterocycles. The number of urea groups is 1. The third-order valence-corrected chi connectivity index (χ3v) is 7.62. The summed E-state index contributed by atoms with van der Waals surface area (Å²) in [5.74, 6) is 0. The summed E-state index contributed by atoms with van der Waals surface area (Å²) in [5.41, 5.74) is 6.29. The SMILES string of the molecule is Cc1ccccc1NC(=O)N1CCc2c(sc3c2CCCC3)[C@@H]1c1ccccc1. The average molecular weight is 403 g/mol. The molecule has 2 aromatic carbocycles. The molecule has 0 bridgehead atoms. The maximum atomic E-state index is 13.4. The van der Waals surface area contributed by atoms with Crippen LogP contribution in [0.3, 0.4) is 0 Å². The molecule has 0 saturated carbocycles.